The van der Waals surface area contributed by atoms with Crippen LogP contribution in [0.3, 0.4) is 0 Å². The van der Waals surface area contributed by atoms with Gasteiger partial charge in [0.05, 0.1) is 23.9 Å². The fourth-order valence-corrected chi connectivity index (χ4v) is 7.41. The maximum Gasteiger partial charge on any atom is 0.252 e. The number of pyridine rings is 1. The Kier molecular flexibility index (Phi) is 4.93. The molecular formula is C29H32N2O2. The van der Waals surface area contributed by atoms with Gasteiger partial charge in [0.2, 0.25) is 0 Å². The molecule has 3 aromatic rings. The summed E-state index contributed by atoms with van der Waals surface area (Å²) >= 11 is 0. The molecular weight excluding hydrogens is 408 g/mol. The third kappa shape index (κ3) is 3.60. The standard InChI is InChI=1S/C29H32N2O2/c1-18(29-15-19-11-20(16-29)13-21(12-19)17-29)30-28(32)25-14-27(22-7-9-23(33-2)10-8-22)31-26-6-4-3-5-24(25)26/h3-10,14,18-21H,11-13,15-17H2,1-2H3,(H,30,32). The van der Waals surface area contributed by atoms with Gasteiger partial charge in [-0.05, 0) is 105 Å². The largest absolute Gasteiger partial charge is 0.497 e. The van der Waals surface area contributed by atoms with E-state index in [9.17, 15) is 4.79 Å². The van der Waals surface area contributed by atoms with Crippen LogP contribution in [-0.2, 0) is 0 Å². The average molecular weight is 441 g/mol. The van der Waals surface area contributed by atoms with Gasteiger partial charge < -0.3 is 10.1 Å². The fraction of sp³-hybridized carbons (Fsp3) is 0.448. The number of methoxy groups -OCH3 is 1. The normalized spacial score (nSPS) is 28.6. The number of ether oxygens (including phenoxy) is 1. The molecule has 7 rings (SSSR count). The van der Waals surface area contributed by atoms with E-state index in [4.69, 9.17) is 9.72 Å². The molecule has 2 aromatic carbocycles. The van der Waals surface area contributed by atoms with Gasteiger partial charge in [-0.3, -0.25) is 4.79 Å². The zero-order valence-electron chi connectivity index (χ0n) is 19.5. The topological polar surface area (TPSA) is 51.2 Å². The minimum atomic E-state index is 0.0200. The lowest BCUT2D eigenvalue weighted by molar-refractivity contribution is -0.0687. The summed E-state index contributed by atoms with van der Waals surface area (Å²) in [5.41, 5.74) is 3.63. The van der Waals surface area contributed by atoms with Gasteiger partial charge in [-0.2, -0.15) is 0 Å². The van der Waals surface area contributed by atoms with E-state index in [-0.39, 0.29) is 17.4 Å². The quantitative estimate of drug-likeness (QED) is 0.510. The number of carbonyl (C=O) groups is 1. The van der Waals surface area contributed by atoms with Crippen LogP contribution in [0, 0.1) is 23.2 Å². The number of amides is 1. The number of nitrogens with one attached hydrogen (secondary N) is 1. The molecule has 1 atom stereocenters. The van der Waals surface area contributed by atoms with Gasteiger partial charge in [-0.25, -0.2) is 4.98 Å². The van der Waals surface area contributed by atoms with Gasteiger partial charge in [0.15, 0.2) is 0 Å². The molecule has 4 saturated carbocycles. The van der Waals surface area contributed by atoms with Crippen LogP contribution < -0.4 is 10.1 Å². The molecule has 1 unspecified atom stereocenters. The van der Waals surface area contributed by atoms with E-state index in [1.54, 1.807) is 7.11 Å². The van der Waals surface area contributed by atoms with Crippen molar-refractivity contribution in [1.82, 2.24) is 10.3 Å². The summed E-state index contributed by atoms with van der Waals surface area (Å²) in [5, 5.41) is 4.36. The zero-order chi connectivity index (χ0) is 22.6. The molecule has 4 aliphatic carbocycles. The smallest absolute Gasteiger partial charge is 0.252 e. The third-order valence-electron chi connectivity index (χ3n) is 8.70. The second-order valence-electron chi connectivity index (χ2n) is 10.8. The number of hydrogen-bond donors (Lipinski definition) is 1. The summed E-state index contributed by atoms with van der Waals surface area (Å²) in [5.74, 6) is 3.45. The van der Waals surface area contributed by atoms with Crippen LogP contribution in [0.5, 0.6) is 5.75 Å². The fourth-order valence-electron chi connectivity index (χ4n) is 7.41. The number of fused-ring (bicyclic) bond motifs is 1. The monoisotopic (exact) mass is 440 g/mol. The molecule has 0 spiro atoms. The maximum absolute atomic E-state index is 13.7. The first-order valence-corrected chi connectivity index (χ1v) is 12.4. The number of aromatic nitrogens is 1. The van der Waals surface area contributed by atoms with Crippen LogP contribution in [0.2, 0.25) is 0 Å². The van der Waals surface area contributed by atoms with Crippen LogP contribution in [-0.4, -0.2) is 24.0 Å². The van der Waals surface area contributed by atoms with Crippen molar-refractivity contribution in [3.05, 3.63) is 60.2 Å². The number of carbonyl (C=O) groups excluding carboxylic acids is 1. The Balaban J connectivity index is 1.32. The molecule has 1 amide bonds. The molecule has 4 fully saturated rings. The Hall–Kier alpha value is -2.88. The zero-order valence-corrected chi connectivity index (χ0v) is 19.5. The lowest BCUT2D eigenvalue weighted by Crippen LogP contribution is -2.55. The lowest BCUT2D eigenvalue weighted by atomic mass is 9.48. The minimum Gasteiger partial charge on any atom is -0.497 e. The Morgan fingerprint density at radius 1 is 1.00 bits per heavy atom. The van der Waals surface area contributed by atoms with Gasteiger partial charge in [0, 0.05) is 17.0 Å². The second kappa shape index (κ2) is 7.86. The van der Waals surface area contributed by atoms with Crippen LogP contribution in [0.4, 0.5) is 0 Å². The van der Waals surface area contributed by atoms with E-state index in [1.807, 2.05) is 54.6 Å². The number of para-hydroxylation sites is 1. The van der Waals surface area contributed by atoms with Gasteiger partial charge in [0.25, 0.3) is 5.91 Å². The first-order chi connectivity index (χ1) is 16.0. The number of rotatable bonds is 5. The van der Waals surface area contributed by atoms with Crippen molar-refractivity contribution in [3.63, 3.8) is 0 Å². The first-order valence-electron chi connectivity index (χ1n) is 12.4. The van der Waals surface area contributed by atoms with Gasteiger partial charge in [-0.15, -0.1) is 0 Å². The summed E-state index contributed by atoms with van der Waals surface area (Å²) in [6.45, 7) is 2.25. The molecule has 33 heavy (non-hydrogen) atoms. The molecule has 1 heterocycles. The molecule has 4 bridgehead atoms. The van der Waals surface area contributed by atoms with E-state index < -0.39 is 0 Å². The summed E-state index contributed by atoms with van der Waals surface area (Å²) in [6.07, 6.45) is 8.11. The highest BCUT2D eigenvalue weighted by Crippen LogP contribution is 2.61. The van der Waals surface area contributed by atoms with Crippen LogP contribution in [0.25, 0.3) is 22.2 Å². The first kappa shape index (κ1) is 20.7. The van der Waals surface area contributed by atoms with E-state index in [2.05, 4.69) is 12.2 Å². The minimum absolute atomic E-state index is 0.0200. The van der Waals surface area contributed by atoms with Crippen molar-refractivity contribution >= 4 is 16.8 Å². The van der Waals surface area contributed by atoms with E-state index in [0.29, 0.717) is 5.56 Å². The highest BCUT2D eigenvalue weighted by atomic mass is 16.5. The predicted octanol–water partition coefficient (Wildman–Crippen LogP) is 6.25. The molecule has 0 radical (unpaired) electrons. The molecule has 1 N–H and O–H groups in total. The lowest BCUT2D eigenvalue weighted by Gasteiger charge is -2.59. The summed E-state index contributed by atoms with van der Waals surface area (Å²) in [7, 11) is 1.66. The molecule has 4 nitrogen and oxygen atoms in total. The second-order valence-corrected chi connectivity index (χ2v) is 10.8. The highest BCUT2D eigenvalue weighted by molar-refractivity contribution is 6.07. The number of nitrogens with zero attached hydrogens (tertiary/aromatic N) is 1. The molecule has 4 heteroatoms. The molecule has 170 valence electrons. The van der Waals surface area contributed by atoms with Crippen molar-refractivity contribution in [2.24, 2.45) is 23.2 Å². The highest BCUT2D eigenvalue weighted by Gasteiger charge is 2.53. The van der Waals surface area contributed by atoms with Crippen molar-refractivity contribution in [2.75, 3.05) is 7.11 Å². The summed E-state index contributed by atoms with van der Waals surface area (Å²) in [4.78, 5) is 18.5. The van der Waals surface area contributed by atoms with E-state index >= 15 is 0 Å². The van der Waals surface area contributed by atoms with E-state index in [1.165, 1.54) is 38.5 Å². The van der Waals surface area contributed by atoms with Gasteiger partial charge >= 0.3 is 0 Å². The van der Waals surface area contributed by atoms with Crippen molar-refractivity contribution in [2.45, 2.75) is 51.5 Å². The van der Waals surface area contributed by atoms with Gasteiger partial charge in [0.1, 0.15) is 5.75 Å². The SMILES string of the molecule is COc1ccc(-c2cc(C(=O)NC(C)C34CC5CC(CC(C5)C3)C4)c3ccccc3n2)cc1. The van der Waals surface area contributed by atoms with Crippen LogP contribution in [0.1, 0.15) is 55.8 Å². The van der Waals surface area contributed by atoms with Crippen molar-refractivity contribution in [3.8, 4) is 17.0 Å². The van der Waals surface area contributed by atoms with Crippen molar-refractivity contribution in [1.29, 1.82) is 0 Å². The maximum atomic E-state index is 13.7. The van der Waals surface area contributed by atoms with Gasteiger partial charge in [-0.1, -0.05) is 18.2 Å². The Bertz CT molecular complexity index is 1160. The number of hydrogen-bond acceptors (Lipinski definition) is 3. The van der Waals surface area contributed by atoms with Crippen LogP contribution >= 0.6 is 0 Å². The molecule has 1 aromatic heterocycles. The molecule has 0 saturated heterocycles. The van der Waals surface area contributed by atoms with Crippen molar-refractivity contribution < 1.29 is 9.53 Å². The molecule has 4 aliphatic rings. The third-order valence-corrected chi connectivity index (χ3v) is 8.70. The predicted molar refractivity (Wildman–Crippen MR) is 131 cm³/mol. The van der Waals surface area contributed by atoms with E-state index in [0.717, 1.165) is 45.7 Å². The number of benzene rings is 2. The Morgan fingerprint density at radius 3 is 2.27 bits per heavy atom. The Morgan fingerprint density at radius 2 is 1.64 bits per heavy atom. The summed E-state index contributed by atoms with van der Waals surface area (Å²) < 4.78 is 5.30. The Labute approximate surface area is 195 Å². The van der Waals surface area contributed by atoms with Crippen LogP contribution in [0.15, 0.2) is 54.6 Å². The average Bonchev–Trinajstić information content (AvgIpc) is 2.82. The molecule has 0 aliphatic heterocycles. The summed E-state index contributed by atoms with van der Waals surface area (Å²) in [6, 6.07) is 17.9.